The van der Waals surface area contributed by atoms with Crippen molar-refractivity contribution in [3.05, 3.63) is 35.6 Å². The van der Waals surface area contributed by atoms with Crippen molar-refractivity contribution in [2.24, 2.45) is 0 Å². The largest absolute Gasteiger partial charge is 0.384 e. The van der Waals surface area contributed by atoms with Gasteiger partial charge < -0.3 is 10.0 Å². The standard InChI is InChI=1S/C15H23FN2O/c1-3-17-8-10-18(11-9-17)12-15(2,19)13-4-6-14(16)7-5-13/h4-7,19H,3,8-12H2,1-2H3. The molecule has 1 aromatic carbocycles. The molecule has 1 aromatic rings. The molecular weight excluding hydrogens is 243 g/mol. The average molecular weight is 266 g/mol. The molecule has 4 heteroatoms. The molecule has 2 rings (SSSR count). The monoisotopic (exact) mass is 266 g/mol. The van der Waals surface area contributed by atoms with E-state index in [9.17, 15) is 9.50 Å². The maximum Gasteiger partial charge on any atom is 0.123 e. The maximum atomic E-state index is 12.9. The normalized spacial score (nSPS) is 21.3. The minimum absolute atomic E-state index is 0.267. The fourth-order valence-electron chi connectivity index (χ4n) is 2.60. The minimum Gasteiger partial charge on any atom is -0.384 e. The van der Waals surface area contributed by atoms with Crippen LogP contribution in [0.15, 0.2) is 24.3 Å². The lowest BCUT2D eigenvalue weighted by Gasteiger charge is -2.38. The number of aliphatic hydroxyl groups is 1. The molecule has 1 heterocycles. The minimum atomic E-state index is -0.928. The molecule has 0 saturated carbocycles. The lowest BCUT2D eigenvalue weighted by Crippen LogP contribution is -2.50. The Morgan fingerprint density at radius 3 is 2.16 bits per heavy atom. The zero-order chi connectivity index (χ0) is 13.9. The molecule has 1 N–H and O–H groups in total. The van der Waals surface area contributed by atoms with Gasteiger partial charge in [-0.2, -0.15) is 0 Å². The predicted octanol–water partition coefficient (Wildman–Crippen LogP) is 1.67. The molecule has 0 bridgehead atoms. The number of benzene rings is 1. The van der Waals surface area contributed by atoms with Gasteiger partial charge in [0.15, 0.2) is 0 Å². The summed E-state index contributed by atoms with van der Waals surface area (Å²) < 4.78 is 12.9. The Hall–Kier alpha value is -0.970. The lowest BCUT2D eigenvalue weighted by molar-refractivity contribution is 0.00104. The fourth-order valence-corrected chi connectivity index (χ4v) is 2.60. The Bertz CT molecular complexity index is 397. The quantitative estimate of drug-likeness (QED) is 0.898. The molecular formula is C15H23FN2O. The number of β-amino-alcohol motifs (C(OH)–C–C–N with tert-alkyl or cyclic N) is 1. The smallest absolute Gasteiger partial charge is 0.123 e. The molecule has 0 spiro atoms. The van der Waals surface area contributed by atoms with Crippen LogP contribution in [-0.4, -0.2) is 54.2 Å². The van der Waals surface area contributed by atoms with E-state index in [0.29, 0.717) is 6.54 Å². The second kappa shape index (κ2) is 5.99. The van der Waals surface area contributed by atoms with Gasteiger partial charge in [0.2, 0.25) is 0 Å². The van der Waals surface area contributed by atoms with Crippen molar-refractivity contribution >= 4 is 0 Å². The highest BCUT2D eigenvalue weighted by atomic mass is 19.1. The van der Waals surface area contributed by atoms with Crippen molar-refractivity contribution < 1.29 is 9.50 Å². The zero-order valence-electron chi connectivity index (χ0n) is 11.8. The van der Waals surface area contributed by atoms with Gasteiger partial charge in [0.05, 0.1) is 5.60 Å². The van der Waals surface area contributed by atoms with E-state index in [2.05, 4.69) is 16.7 Å². The Morgan fingerprint density at radius 1 is 1.11 bits per heavy atom. The van der Waals surface area contributed by atoms with Gasteiger partial charge in [-0.25, -0.2) is 4.39 Å². The number of rotatable bonds is 4. The Balaban J connectivity index is 1.95. The number of hydrogen-bond donors (Lipinski definition) is 1. The summed E-state index contributed by atoms with van der Waals surface area (Å²) in [6.45, 7) is 9.71. The third-order valence-corrected chi connectivity index (χ3v) is 3.91. The Kier molecular flexibility index (Phi) is 4.55. The number of likely N-dealkylation sites (N-methyl/N-ethyl adjacent to an activating group) is 1. The van der Waals surface area contributed by atoms with Gasteiger partial charge in [0, 0.05) is 32.7 Å². The van der Waals surface area contributed by atoms with E-state index in [1.807, 2.05) is 0 Å². The Labute approximate surface area is 114 Å². The second-order valence-electron chi connectivity index (χ2n) is 5.49. The summed E-state index contributed by atoms with van der Waals surface area (Å²) in [5.41, 5.74) is -0.158. The molecule has 3 nitrogen and oxygen atoms in total. The molecule has 0 aromatic heterocycles. The SMILES string of the molecule is CCN1CCN(CC(C)(O)c2ccc(F)cc2)CC1. The van der Waals surface area contributed by atoms with Crippen LogP contribution in [0.3, 0.4) is 0 Å². The van der Waals surface area contributed by atoms with Crippen molar-refractivity contribution in [3.8, 4) is 0 Å². The summed E-state index contributed by atoms with van der Waals surface area (Å²) in [6, 6.07) is 6.13. The van der Waals surface area contributed by atoms with Crippen molar-refractivity contribution in [2.45, 2.75) is 19.4 Å². The molecule has 1 saturated heterocycles. The summed E-state index contributed by atoms with van der Waals surface area (Å²) in [5.74, 6) is -0.267. The molecule has 106 valence electrons. The van der Waals surface area contributed by atoms with E-state index in [0.717, 1.165) is 38.3 Å². The summed E-state index contributed by atoms with van der Waals surface area (Å²) in [6.07, 6.45) is 0. The summed E-state index contributed by atoms with van der Waals surface area (Å²) >= 11 is 0. The van der Waals surface area contributed by atoms with Crippen LogP contribution in [0.25, 0.3) is 0 Å². The van der Waals surface area contributed by atoms with Gasteiger partial charge in [0.1, 0.15) is 5.82 Å². The first-order chi connectivity index (χ1) is 9.01. The van der Waals surface area contributed by atoms with Gasteiger partial charge in [-0.05, 0) is 31.2 Å². The van der Waals surface area contributed by atoms with Crippen LogP contribution in [0.4, 0.5) is 4.39 Å². The molecule has 19 heavy (non-hydrogen) atoms. The van der Waals surface area contributed by atoms with Crippen LogP contribution in [0, 0.1) is 5.82 Å². The molecule has 1 unspecified atom stereocenters. The van der Waals surface area contributed by atoms with Crippen LogP contribution in [0.1, 0.15) is 19.4 Å². The van der Waals surface area contributed by atoms with E-state index in [4.69, 9.17) is 0 Å². The van der Waals surface area contributed by atoms with E-state index in [1.165, 1.54) is 12.1 Å². The first kappa shape index (κ1) is 14.4. The third-order valence-electron chi connectivity index (χ3n) is 3.91. The molecule has 1 atom stereocenters. The number of hydrogen-bond acceptors (Lipinski definition) is 3. The summed E-state index contributed by atoms with van der Waals surface area (Å²) in [7, 11) is 0. The van der Waals surface area contributed by atoms with Crippen LogP contribution in [0.2, 0.25) is 0 Å². The average Bonchev–Trinajstić information content (AvgIpc) is 2.40. The zero-order valence-corrected chi connectivity index (χ0v) is 11.8. The molecule has 0 radical (unpaired) electrons. The van der Waals surface area contributed by atoms with Gasteiger partial charge in [-0.3, -0.25) is 4.90 Å². The van der Waals surface area contributed by atoms with Crippen LogP contribution in [0.5, 0.6) is 0 Å². The second-order valence-corrected chi connectivity index (χ2v) is 5.49. The van der Waals surface area contributed by atoms with E-state index in [1.54, 1.807) is 19.1 Å². The molecule has 1 aliphatic heterocycles. The highest BCUT2D eigenvalue weighted by Gasteiger charge is 2.27. The molecule has 1 aliphatic rings. The van der Waals surface area contributed by atoms with Gasteiger partial charge >= 0.3 is 0 Å². The van der Waals surface area contributed by atoms with E-state index in [-0.39, 0.29) is 5.82 Å². The van der Waals surface area contributed by atoms with Gasteiger partial charge in [0.25, 0.3) is 0 Å². The van der Waals surface area contributed by atoms with Crippen LogP contribution < -0.4 is 0 Å². The first-order valence-corrected chi connectivity index (χ1v) is 6.94. The lowest BCUT2D eigenvalue weighted by atomic mass is 9.95. The summed E-state index contributed by atoms with van der Waals surface area (Å²) in [5, 5.41) is 10.6. The Morgan fingerprint density at radius 2 is 1.63 bits per heavy atom. The van der Waals surface area contributed by atoms with E-state index >= 15 is 0 Å². The van der Waals surface area contributed by atoms with Crippen molar-refractivity contribution in [3.63, 3.8) is 0 Å². The van der Waals surface area contributed by atoms with Crippen LogP contribution >= 0.6 is 0 Å². The van der Waals surface area contributed by atoms with Crippen molar-refractivity contribution in [2.75, 3.05) is 39.3 Å². The number of halogens is 1. The number of nitrogens with zero attached hydrogens (tertiary/aromatic N) is 2. The topological polar surface area (TPSA) is 26.7 Å². The molecule has 1 fully saturated rings. The van der Waals surface area contributed by atoms with E-state index < -0.39 is 5.60 Å². The van der Waals surface area contributed by atoms with Crippen molar-refractivity contribution in [1.82, 2.24) is 9.80 Å². The van der Waals surface area contributed by atoms with Crippen LogP contribution in [-0.2, 0) is 5.60 Å². The fraction of sp³-hybridized carbons (Fsp3) is 0.600. The number of piperazine rings is 1. The summed E-state index contributed by atoms with van der Waals surface area (Å²) in [4.78, 5) is 4.68. The molecule has 0 amide bonds. The molecule has 0 aliphatic carbocycles. The van der Waals surface area contributed by atoms with Gasteiger partial charge in [-0.1, -0.05) is 19.1 Å². The highest BCUT2D eigenvalue weighted by Crippen LogP contribution is 2.22. The van der Waals surface area contributed by atoms with Gasteiger partial charge in [-0.15, -0.1) is 0 Å². The first-order valence-electron chi connectivity index (χ1n) is 6.94. The maximum absolute atomic E-state index is 12.9. The van der Waals surface area contributed by atoms with Crippen molar-refractivity contribution in [1.29, 1.82) is 0 Å². The third kappa shape index (κ3) is 3.75. The highest BCUT2D eigenvalue weighted by molar-refractivity contribution is 5.22. The predicted molar refractivity (Wildman–Crippen MR) is 74.5 cm³/mol.